The van der Waals surface area contributed by atoms with Crippen molar-refractivity contribution in [3.05, 3.63) is 102 Å². The maximum absolute atomic E-state index is 11.5. The number of hydrogen-bond acceptors (Lipinski definition) is 1. The Bertz CT molecular complexity index is 1280. The van der Waals surface area contributed by atoms with Gasteiger partial charge in [0, 0.05) is 6.42 Å². The van der Waals surface area contributed by atoms with E-state index in [0.717, 1.165) is 12.8 Å². The molecule has 0 heterocycles. The van der Waals surface area contributed by atoms with Crippen LogP contribution in [0.3, 0.4) is 0 Å². The number of allylic oxidation sites excluding steroid dienone is 1. The number of aliphatic carboxylic acids is 1. The van der Waals surface area contributed by atoms with Crippen LogP contribution in [0.25, 0.3) is 27.1 Å². The summed E-state index contributed by atoms with van der Waals surface area (Å²) in [6.45, 7) is 4.45. The van der Waals surface area contributed by atoms with Gasteiger partial charge in [-0.1, -0.05) is 92.2 Å². The van der Waals surface area contributed by atoms with Gasteiger partial charge in [-0.05, 0) is 74.6 Å². The van der Waals surface area contributed by atoms with Crippen LogP contribution in [-0.4, -0.2) is 11.1 Å². The molecular weight excluding hydrogens is 392 g/mol. The van der Waals surface area contributed by atoms with Crippen molar-refractivity contribution in [2.24, 2.45) is 11.3 Å². The first kappa shape index (κ1) is 20.5. The smallest absolute Gasteiger partial charge is 0.303 e. The summed E-state index contributed by atoms with van der Waals surface area (Å²) < 4.78 is 0. The van der Waals surface area contributed by atoms with Crippen molar-refractivity contribution in [3.8, 4) is 0 Å². The van der Waals surface area contributed by atoms with Crippen molar-refractivity contribution in [1.82, 2.24) is 0 Å². The molecule has 5 rings (SSSR count). The average Bonchev–Trinajstić information content (AvgIpc) is 3.07. The van der Waals surface area contributed by atoms with Crippen LogP contribution in [0.2, 0.25) is 0 Å². The van der Waals surface area contributed by atoms with Gasteiger partial charge >= 0.3 is 5.97 Å². The Balaban J connectivity index is 1.74. The van der Waals surface area contributed by atoms with Gasteiger partial charge in [-0.3, -0.25) is 4.79 Å². The van der Waals surface area contributed by atoms with E-state index in [-0.39, 0.29) is 17.8 Å². The number of carboxylic acids is 1. The summed E-state index contributed by atoms with van der Waals surface area (Å²) >= 11 is 0. The van der Waals surface area contributed by atoms with Gasteiger partial charge in [0.2, 0.25) is 0 Å². The van der Waals surface area contributed by atoms with E-state index < -0.39 is 5.97 Å². The number of hydrogen-bond donors (Lipinski definition) is 1. The standard InChI is InChI=1S/C30H28O2/c1-30(2)26(19-28(31)32)15-16-27(30)29(24-13-11-20-7-3-5-9-22(20)17-24)25-14-12-21-8-4-6-10-23(21)18-25/h3-14,17-18,26H,15-16,19H2,1-2H3,(H,31,32)/t26-/m1/s1. The number of carboxylic acid groups (broad SMARTS) is 1. The van der Waals surface area contributed by atoms with Crippen molar-refractivity contribution in [3.63, 3.8) is 0 Å². The fourth-order valence-corrected chi connectivity index (χ4v) is 5.47. The molecule has 0 spiro atoms. The Kier molecular flexibility index (Phi) is 5.09. The molecule has 1 N–H and O–H groups in total. The Morgan fingerprint density at radius 1 is 0.812 bits per heavy atom. The first-order valence-electron chi connectivity index (χ1n) is 11.4. The van der Waals surface area contributed by atoms with Crippen LogP contribution >= 0.6 is 0 Å². The first-order valence-corrected chi connectivity index (χ1v) is 11.4. The van der Waals surface area contributed by atoms with Crippen LogP contribution in [0, 0.1) is 11.3 Å². The maximum atomic E-state index is 11.5. The lowest BCUT2D eigenvalue weighted by Gasteiger charge is -2.30. The molecule has 0 aromatic heterocycles. The zero-order valence-electron chi connectivity index (χ0n) is 18.6. The summed E-state index contributed by atoms with van der Waals surface area (Å²) in [5, 5.41) is 14.4. The van der Waals surface area contributed by atoms with E-state index in [1.165, 1.54) is 43.8 Å². The van der Waals surface area contributed by atoms with Crippen LogP contribution in [0.15, 0.2) is 90.5 Å². The SMILES string of the molecule is CC1(C)C(=C(c2ccc3ccccc3c2)c2ccc3ccccc3c2)CC[C@@H]1CC(=O)O. The van der Waals surface area contributed by atoms with Gasteiger partial charge in [-0.15, -0.1) is 0 Å². The molecule has 0 bridgehead atoms. The lowest BCUT2D eigenvalue weighted by molar-refractivity contribution is -0.138. The predicted molar refractivity (Wildman–Crippen MR) is 133 cm³/mol. The second-order valence-corrected chi connectivity index (χ2v) is 9.53. The Morgan fingerprint density at radius 2 is 1.31 bits per heavy atom. The largest absolute Gasteiger partial charge is 0.481 e. The molecule has 1 aliphatic carbocycles. The Hall–Kier alpha value is -3.39. The monoisotopic (exact) mass is 420 g/mol. The molecule has 1 saturated carbocycles. The molecule has 1 atom stereocenters. The number of benzene rings is 4. The zero-order valence-corrected chi connectivity index (χ0v) is 18.6. The molecular formula is C30H28O2. The van der Waals surface area contributed by atoms with E-state index in [4.69, 9.17) is 0 Å². The quantitative estimate of drug-likeness (QED) is 0.367. The second kappa shape index (κ2) is 7.94. The Morgan fingerprint density at radius 3 is 1.81 bits per heavy atom. The third kappa shape index (κ3) is 3.60. The van der Waals surface area contributed by atoms with Crippen LogP contribution in [0.4, 0.5) is 0 Å². The molecule has 0 unspecified atom stereocenters. The van der Waals surface area contributed by atoms with Crippen LogP contribution < -0.4 is 0 Å². The number of fused-ring (bicyclic) bond motifs is 2. The number of carbonyl (C=O) groups is 1. The van der Waals surface area contributed by atoms with E-state index >= 15 is 0 Å². The molecule has 32 heavy (non-hydrogen) atoms. The van der Waals surface area contributed by atoms with E-state index in [1.54, 1.807) is 0 Å². The van der Waals surface area contributed by atoms with E-state index in [2.05, 4.69) is 98.8 Å². The summed E-state index contributed by atoms with van der Waals surface area (Å²) in [6, 6.07) is 30.3. The van der Waals surface area contributed by atoms with Crippen LogP contribution in [0.1, 0.15) is 44.2 Å². The molecule has 4 aromatic rings. The fourth-order valence-electron chi connectivity index (χ4n) is 5.47. The molecule has 1 fully saturated rings. The molecule has 1 aliphatic rings. The number of rotatable bonds is 4. The van der Waals surface area contributed by atoms with Crippen LogP contribution in [0.5, 0.6) is 0 Å². The lowest BCUT2D eigenvalue weighted by Crippen LogP contribution is -2.23. The van der Waals surface area contributed by atoms with E-state index in [9.17, 15) is 9.90 Å². The molecule has 0 aliphatic heterocycles. The van der Waals surface area contributed by atoms with Gasteiger partial charge in [0.15, 0.2) is 0 Å². The van der Waals surface area contributed by atoms with Crippen molar-refractivity contribution >= 4 is 33.1 Å². The van der Waals surface area contributed by atoms with Gasteiger partial charge in [0.1, 0.15) is 0 Å². The average molecular weight is 421 g/mol. The highest BCUT2D eigenvalue weighted by Crippen LogP contribution is 2.52. The minimum absolute atomic E-state index is 0.144. The topological polar surface area (TPSA) is 37.3 Å². The van der Waals surface area contributed by atoms with Gasteiger partial charge < -0.3 is 5.11 Å². The summed E-state index contributed by atoms with van der Waals surface area (Å²) in [5.74, 6) is -0.562. The van der Waals surface area contributed by atoms with E-state index in [1.807, 2.05) is 0 Å². The van der Waals surface area contributed by atoms with E-state index in [0.29, 0.717) is 0 Å². The summed E-state index contributed by atoms with van der Waals surface area (Å²) in [7, 11) is 0. The Labute approximate surface area is 189 Å². The minimum Gasteiger partial charge on any atom is -0.481 e. The van der Waals surface area contributed by atoms with Crippen molar-refractivity contribution in [1.29, 1.82) is 0 Å². The second-order valence-electron chi connectivity index (χ2n) is 9.53. The van der Waals surface area contributed by atoms with Crippen molar-refractivity contribution < 1.29 is 9.90 Å². The molecule has 2 heteroatoms. The third-order valence-electron chi connectivity index (χ3n) is 7.34. The molecule has 2 nitrogen and oxygen atoms in total. The highest BCUT2D eigenvalue weighted by molar-refractivity contribution is 5.94. The molecule has 0 radical (unpaired) electrons. The first-order chi connectivity index (χ1) is 15.4. The molecule has 160 valence electrons. The minimum atomic E-state index is -0.706. The van der Waals surface area contributed by atoms with Gasteiger partial charge in [0.25, 0.3) is 0 Å². The summed E-state index contributed by atoms with van der Waals surface area (Å²) in [4.78, 5) is 11.5. The predicted octanol–water partition coefficient (Wildman–Crippen LogP) is 7.71. The summed E-state index contributed by atoms with van der Waals surface area (Å²) in [6.07, 6.45) is 2.07. The molecule has 0 saturated heterocycles. The van der Waals surface area contributed by atoms with Crippen molar-refractivity contribution in [2.75, 3.05) is 0 Å². The highest BCUT2D eigenvalue weighted by Gasteiger charge is 2.41. The van der Waals surface area contributed by atoms with Crippen LogP contribution in [-0.2, 0) is 4.79 Å². The maximum Gasteiger partial charge on any atom is 0.303 e. The fraction of sp³-hybridized carbons (Fsp3) is 0.233. The van der Waals surface area contributed by atoms with Gasteiger partial charge in [-0.25, -0.2) is 0 Å². The van der Waals surface area contributed by atoms with Gasteiger partial charge in [-0.2, -0.15) is 0 Å². The third-order valence-corrected chi connectivity index (χ3v) is 7.34. The zero-order chi connectivity index (χ0) is 22.3. The lowest BCUT2D eigenvalue weighted by atomic mass is 9.74. The highest BCUT2D eigenvalue weighted by atomic mass is 16.4. The molecule has 0 amide bonds. The van der Waals surface area contributed by atoms with Crippen molar-refractivity contribution in [2.45, 2.75) is 33.1 Å². The van der Waals surface area contributed by atoms with Gasteiger partial charge in [0.05, 0.1) is 0 Å². The summed E-state index contributed by atoms with van der Waals surface area (Å²) in [5.41, 5.74) is 4.87. The molecule has 4 aromatic carbocycles. The normalized spacial score (nSPS) is 17.7.